The predicted octanol–water partition coefficient (Wildman–Crippen LogP) is 1.78. The molecule has 0 fully saturated rings. The molecule has 1 amide bonds. The van der Waals surface area contributed by atoms with E-state index in [0.717, 1.165) is 5.01 Å². The van der Waals surface area contributed by atoms with Gasteiger partial charge in [-0.2, -0.15) is 0 Å². The van der Waals surface area contributed by atoms with E-state index in [4.69, 9.17) is 4.74 Å². The number of carbonyl (C=O) groups is 2. The van der Waals surface area contributed by atoms with Gasteiger partial charge in [0.25, 0.3) is 0 Å². The van der Waals surface area contributed by atoms with E-state index in [-0.39, 0.29) is 11.9 Å². The van der Waals surface area contributed by atoms with Crippen LogP contribution in [0.25, 0.3) is 6.08 Å². The second-order valence-electron chi connectivity index (χ2n) is 3.53. The fourth-order valence-electron chi connectivity index (χ4n) is 1.24. The number of hydrogen-bond donors (Lipinski definition) is 1. The second-order valence-corrected chi connectivity index (χ2v) is 4.56. The third-order valence-electron chi connectivity index (χ3n) is 2.00. The molecule has 0 aliphatic rings. The molecule has 1 heterocycles. The van der Waals surface area contributed by atoms with Crippen molar-refractivity contribution in [2.24, 2.45) is 0 Å². The Kier molecular flexibility index (Phi) is 5.51. The minimum atomic E-state index is -0.339. The lowest BCUT2D eigenvalue weighted by atomic mass is 10.4. The van der Waals surface area contributed by atoms with Crippen LogP contribution >= 0.6 is 11.3 Å². The molecular formula is C12H16N2O3S. The van der Waals surface area contributed by atoms with Crippen LogP contribution in [0.5, 0.6) is 0 Å². The van der Waals surface area contributed by atoms with Crippen LogP contribution in [-0.2, 0) is 9.53 Å². The van der Waals surface area contributed by atoms with E-state index < -0.39 is 0 Å². The molecule has 0 saturated heterocycles. The summed E-state index contributed by atoms with van der Waals surface area (Å²) in [6, 6.07) is 0. The molecule has 0 aromatic carbocycles. The highest BCUT2D eigenvalue weighted by atomic mass is 32.1. The van der Waals surface area contributed by atoms with E-state index in [1.807, 2.05) is 0 Å². The van der Waals surface area contributed by atoms with Crippen molar-refractivity contribution in [1.82, 2.24) is 10.3 Å². The van der Waals surface area contributed by atoms with Gasteiger partial charge in [0.2, 0.25) is 5.91 Å². The number of ether oxygens (including phenoxy) is 1. The molecule has 98 valence electrons. The molecule has 0 radical (unpaired) electrons. The van der Waals surface area contributed by atoms with E-state index in [9.17, 15) is 9.59 Å². The summed E-state index contributed by atoms with van der Waals surface area (Å²) < 4.78 is 4.93. The zero-order chi connectivity index (χ0) is 13.5. The first-order valence-corrected chi connectivity index (χ1v) is 6.41. The lowest BCUT2D eigenvalue weighted by Gasteiger charge is -1.97. The Morgan fingerprint density at radius 2 is 2.22 bits per heavy atom. The molecule has 18 heavy (non-hydrogen) atoms. The molecule has 0 spiro atoms. The van der Waals surface area contributed by atoms with Crippen LogP contribution in [0, 0.1) is 6.92 Å². The minimum Gasteiger partial charge on any atom is -0.462 e. The molecule has 1 rings (SSSR count). The maximum Gasteiger partial charge on any atom is 0.350 e. The van der Waals surface area contributed by atoms with Crippen LogP contribution in [0.1, 0.15) is 34.2 Å². The number of nitrogens with one attached hydrogen (secondary N) is 1. The molecule has 1 N–H and O–H groups in total. The third kappa shape index (κ3) is 4.29. The first-order valence-electron chi connectivity index (χ1n) is 5.60. The van der Waals surface area contributed by atoms with E-state index in [1.165, 1.54) is 18.3 Å². The van der Waals surface area contributed by atoms with E-state index >= 15 is 0 Å². The molecule has 0 saturated carbocycles. The van der Waals surface area contributed by atoms with Gasteiger partial charge in [-0.05, 0) is 19.9 Å². The van der Waals surface area contributed by atoms with Gasteiger partial charge in [0.15, 0.2) is 0 Å². The highest BCUT2D eigenvalue weighted by Gasteiger charge is 2.14. The second kappa shape index (κ2) is 6.90. The van der Waals surface area contributed by atoms with E-state index in [2.05, 4.69) is 10.3 Å². The van der Waals surface area contributed by atoms with Crippen LogP contribution in [0.2, 0.25) is 0 Å². The van der Waals surface area contributed by atoms with Gasteiger partial charge in [-0.3, -0.25) is 4.79 Å². The Labute approximate surface area is 110 Å². The van der Waals surface area contributed by atoms with E-state index in [0.29, 0.717) is 23.7 Å². The standard InChI is InChI=1S/C12H16N2O3S/c1-4-17-12(16)11-8(2)14-10(18-11)6-5-7-13-9(3)15/h5-6H,4,7H2,1-3H3,(H,13,15). The summed E-state index contributed by atoms with van der Waals surface area (Å²) in [6.07, 6.45) is 3.56. The van der Waals surface area contributed by atoms with Gasteiger partial charge in [0.1, 0.15) is 9.88 Å². The lowest BCUT2D eigenvalue weighted by Crippen LogP contribution is -2.19. The van der Waals surface area contributed by atoms with Crippen molar-refractivity contribution < 1.29 is 14.3 Å². The van der Waals surface area contributed by atoms with Crippen LogP contribution in [0.4, 0.5) is 0 Å². The quantitative estimate of drug-likeness (QED) is 0.826. The maximum absolute atomic E-state index is 11.6. The van der Waals surface area contributed by atoms with Crippen molar-refractivity contribution >= 4 is 29.3 Å². The van der Waals surface area contributed by atoms with Gasteiger partial charge < -0.3 is 10.1 Å². The summed E-state index contributed by atoms with van der Waals surface area (Å²) in [7, 11) is 0. The Morgan fingerprint density at radius 3 is 2.83 bits per heavy atom. The molecule has 1 aromatic heterocycles. The van der Waals surface area contributed by atoms with Crippen LogP contribution in [0.3, 0.4) is 0 Å². The van der Waals surface area contributed by atoms with Crippen molar-refractivity contribution in [2.45, 2.75) is 20.8 Å². The van der Waals surface area contributed by atoms with Gasteiger partial charge in [-0.15, -0.1) is 11.3 Å². The lowest BCUT2D eigenvalue weighted by molar-refractivity contribution is -0.118. The molecule has 0 atom stereocenters. The predicted molar refractivity (Wildman–Crippen MR) is 70.5 cm³/mol. The number of aryl methyl sites for hydroxylation is 1. The summed E-state index contributed by atoms with van der Waals surface area (Å²) in [4.78, 5) is 27.0. The first kappa shape index (κ1) is 14.4. The van der Waals surface area contributed by atoms with Crippen molar-refractivity contribution in [3.8, 4) is 0 Å². The molecule has 0 bridgehead atoms. The molecule has 1 aromatic rings. The summed E-state index contributed by atoms with van der Waals surface area (Å²) in [5.74, 6) is -0.420. The van der Waals surface area contributed by atoms with Gasteiger partial charge in [-0.1, -0.05) is 6.08 Å². The van der Waals surface area contributed by atoms with Gasteiger partial charge >= 0.3 is 5.97 Å². The molecule has 0 aliphatic carbocycles. The van der Waals surface area contributed by atoms with Crippen LogP contribution in [0.15, 0.2) is 6.08 Å². The van der Waals surface area contributed by atoms with Crippen LogP contribution < -0.4 is 5.32 Å². The number of aromatic nitrogens is 1. The number of thiazole rings is 1. The largest absolute Gasteiger partial charge is 0.462 e. The van der Waals surface area contributed by atoms with Gasteiger partial charge in [0, 0.05) is 13.5 Å². The Balaban J connectivity index is 2.66. The zero-order valence-corrected chi connectivity index (χ0v) is 11.5. The third-order valence-corrected chi connectivity index (χ3v) is 3.11. The monoisotopic (exact) mass is 268 g/mol. The normalized spacial score (nSPS) is 10.6. The number of nitrogens with zero attached hydrogens (tertiary/aromatic N) is 1. The summed E-state index contributed by atoms with van der Waals surface area (Å²) in [6.45, 7) is 5.79. The number of rotatable bonds is 5. The molecular weight excluding hydrogens is 252 g/mol. The van der Waals surface area contributed by atoms with Crippen molar-refractivity contribution in [2.75, 3.05) is 13.2 Å². The average Bonchev–Trinajstić information content (AvgIpc) is 2.66. The Morgan fingerprint density at radius 1 is 1.50 bits per heavy atom. The summed E-state index contributed by atoms with van der Waals surface area (Å²) >= 11 is 1.28. The minimum absolute atomic E-state index is 0.0813. The fraction of sp³-hybridized carbons (Fsp3) is 0.417. The summed E-state index contributed by atoms with van der Waals surface area (Å²) in [5.41, 5.74) is 0.664. The molecule has 0 aliphatic heterocycles. The number of esters is 1. The van der Waals surface area contributed by atoms with Crippen molar-refractivity contribution in [3.63, 3.8) is 0 Å². The van der Waals surface area contributed by atoms with E-state index in [1.54, 1.807) is 26.0 Å². The highest BCUT2D eigenvalue weighted by Crippen LogP contribution is 2.20. The summed E-state index contributed by atoms with van der Waals surface area (Å²) in [5, 5.41) is 3.36. The molecule has 0 unspecified atom stereocenters. The first-order chi connectivity index (χ1) is 8.54. The molecule has 6 heteroatoms. The maximum atomic E-state index is 11.6. The fourth-order valence-corrected chi connectivity index (χ4v) is 2.13. The Hall–Kier alpha value is -1.69. The average molecular weight is 268 g/mol. The smallest absolute Gasteiger partial charge is 0.350 e. The van der Waals surface area contributed by atoms with Gasteiger partial charge in [-0.25, -0.2) is 9.78 Å². The van der Waals surface area contributed by atoms with Crippen molar-refractivity contribution in [3.05, 3.63) is 21.7 Å². The van der Waals surface area contributed by atoms with Crippen molar-refractivity contribution in [1.29, 1.82) is 0 Å². The number of hydrogen-bond acceptors (Lipinski definition) is 5. The Bertz CT molecular complexity index is 466. The van der Waals surface area contributed by atoms with Gasteiger partial charge in [0.05, 0.1) is 12.3 Å². The zero-order valence-electron chi connectivity index (χ0n) is 10.6. The SMILES string of the molecule is CCOC(=O)c1sc(C=CCNC(C)=O)nc1C. The highest BCUT2D eigenvalue weighted by molar-refractivity contribution is 7.14. The molecule has 5 nitrogen and oxygen atoms in total. The topological polar surface area (TPSA) is 68.3 Å². The van der Waals surface area contributed by atoms with Crippen LogP contribution in [-0.4, -0.2) is 30.0 Å². The number of carbonyl (C=O) groups excluding carboxylic acids is 2. The number of amides is 1.